The fourth-order valence-electron chi connectivity index (χ4n) is 16.3. The van der Waals surface area contributed by atoms with Crippen LogP contribution in [-0.4, -0.2) is 0 Å². The molecule has 0 spiro atoms. The Balaban J connectivity index is 0.000000162. The first-order valence-corrected chi connectivity index (χ1v) is 37.5. The number of benzene rings is 8. The minimum atomic E-state index is -2.97. The zero-order valence-corrected chi connectivity index (χ0v) is 68.9. The lowest BCUT2D eigenvalue weighted by Gasteiger charge is -2.15. The van der Waals surface area contributed by atoms with Crippen molar-refractivity contribution in [3.05, 3.63) is 279 Å². The fourth-order valence-corrected chi connectivity index (χ4v) is 16.3. The summed E-state index contributed by atoms with van der Waals surface area (Å²) in [7, 11) is 6.84. The van der Waals surface area contributed by atoms with Crippen LogP contribution in [0.15, 0.2) is 139 Å². The number of nitrogens with zero attached hydrogens (tertiary/aromatic N) is 8. The van der Waals surface area contributed by atoms with Crippen LogP contribution in [0.2, 0.25) is 0 Å². The Hall–Kier alpha value is -12.5. The molecule has 0 aliphatic carbocycles. The highest BCUT2D eigenvalue weighted by Crippen LogP contribution is 2.47. The Kier molecular flexibility index (Phi) is 14.1. The topological polar surface area (TPSA) is 85.5 Å². The van der Waals surface area contributed by atoms with Crippen molar-refractivity contribution in [2.45, 2.75) is 189 Å². The Morgan fingerprint density at radius 3 is 1.26 bits per heavy atom. The van der Waals surface area contributed by atoms with Crippen LogP contribution >= 0.6 is 0 Å². The van der Waals surface area contributed by atoms with Crippen molar-refractivity contribution in [1.82, 2.24) is 0 Å². The number of furan rings is 4. The Bertz CT molecular complexity index is 8270. The summed E-state index contributed by atoms with van der Waals surface area (Å²) in [5.41, 5.74) is 17.0. The zero-order chi connectivity index (χ0) is 109. The number of fused-ring (bicyclic) bond motifs is 12. The second-order valence-electron chi connectivity index (χ2n) is 30.1. The van der Waals surface area contributed by atoms with E-state index in [0.717, 1.165) is 67.4 Å². The SMILES string of the molecule is [2H]c1c(C([2H])(C)C([2H])([2H])[2H])c(C([2H])([2H])[2H])c(C)[n+](C)c1-c1c(C)cc(C([2H])([2H])[2H])c2c1oc1cc([N+]#[C-])ccc12.[2H]c1c(C)c(C([2H])(C)C([2H])([2H])[2H])c(C)[n+](C)c1-c1c(C)ccc2c1oc1c(C)c([N+]#[C-])ccc12.[2H]c1c(C)c(C([2H])(C)C([2H])([2H])[2H])c(C)[n+](C)c1-c1c(C)ccc2c1oc1cc([N+]#[C-])c(C)cc12.[2H]c1c(C)c(C([2H])(C)C([2H])([2H])[2H])c(C)[n+](C)c1-c1c(C)ccc2c1oc1cc([N+]#[C-])cc(C([2H])([2H])[2H])c12. The van der Waals surface area contributed by atoms with Crippen molar-refractivity contribution < 1.29 is 75.7 Å². The van der Waals surface area contributed by atoms with Crippen molar-refractivity contribution >= 4 is 111 Å². The molecule has 0 N–H and O–H groups in total. The van der Waals surface area contributed by atoms with Crippen LogP contribution in [0.25, 0.3) is 152 Å². The molecule has 8 heterocycles. The molecule has 0 fully saturated rings. The minimum absolute atomic E-state index is 0.00359. The lowest BCUT2D eigenvalue weighted by atomic mass is 9.92. The van der Waals surface area contributed by atoms with Gasteiger partial charge >= 0.3 is 0 Å². The highest BCUT2D eigenvalue weighted by molar-refractivity contribution is 6.15. The van der Waals surface area contributed by atoms with Gasteiger partial charge < -0.3 is 17.7 Å². The predicted molar refractivity (Wildman–Crippen MR) is 479 cm³/mol. The molecule has 12 nitrogen and oxygen atoms in total. The molecule has 0 saturated heterocycles. The van der Waals surface area contributed by atoms with Crippen LogP contribution in [0, 0.1) is 137 Å². The van der Waals surface area contributed by atoms with E-state index in [1.165, 1.54) is 69.6 Å². The summed E-state index contributed by atoms with van der Waals surface area (Å²) in [6.07, 6.45) is 0. The lowest BCUT2D eigenvalue weighted by molar-refractivity contribution is -0.667. The van der Waals surface area contributed by atoms with Gasteiger partial charge in [0.2, 0.25) is 22.8 Å². The van der Waals surface area contributed by atoms with Gasteiger partial charge in [0.15, 0.2) is 45.5 Å². The standard InChI is InChI=1S/4C26H27N2O/c1-14(2)21-13-22(28(8)18(6)17(21)5)25-16(4)11-15(3)24-20-10-9-19(27-7)12-23(20)29-26(24)25;1-14(2)23-17(5)12-21(28(8)18(23)6)25-15(3)9-10-20-24-16(4)11-19(27-7)13-22(24)29-26(20)25;1-14(2)24-17(5)12-22(28(8)18(24)6)25-15(3)9-10-19-20-11-16(4)21(27-7)13-23(20)29-26(19)25;1-14(2)23-16(4)13-22(28(8)18(23)6)24-15(3)9-10-20-19-11-12-21(27-7)17(5)25(19)29-26(20)24/h4*9-14H,1-6,8H3/q4*+1/i1D3,3D3,5D3,13D,14D;1D3,4D3,12D,14D;1D3,12D,14D;1D3,13D,14D. The molecule has 16 rings (SSSR count). The molecule has 8 aromatic heterocycles. The van der Waals surface area contributed by atoms with Gasteiger partial charge in [0.25, 0.3) is 0 Å². The third kappa shape index (κ3) is 13.8. The molecule has 16 aromatic rings. The number of hydrogen-bond donors (Lipinski definition) is 0. The fraction of sp³-hybridized carbons (Fsp3) is 0.308. The van der Waals surface area contributed by atoms with Crippen LogP contribution in [0.3, 0.4) is 0 Å². The maximum Gasteiger partial charge on any atom is 0.216 e. The van der Waals surface area contributed by atoms with E-state index in [-0.39, 0.29) is 85.3 Å². The smallest absolute Gasteiger partial charge is 0.216 e. The van der Waals surface area contributed by atoms with Crippen LogP contribution in [0.1, 0.15) is 230 Å². The summed E-state index contributed by atoms with van der Waals surface area (Å²) in [5, 5.41) is 5.21. The number of hydrogen-bond acceptors (Lipinski definition) is 4. The quantitative estimate of drug-likeness (QED) is 0.112. The van der Waals surface area contributed by atoms with Crippen LogP contribution < -0.4 is 18.3 Å². The molecule has 116 heavy (non-hydrogen) atoms. The van der Waals surface area contributed by atoms with E-state index in [1.54, 1.807) is 108 Å². The number of rotatable bonds is 8. The average Bonchev–Trinajstić information content (AvgIpc) is 1.69. The van der Waals surface area contributed by atoms with Gasteiger partial charge in [-0.3, -0.25) is 0 Å². The molecular weight excluding hydrogens is 1430 g/mol. The van der Waals surface area contributed by atoms with Crippen molar-refractivity contribution in [3.63, 3.8) is 0 Å². The third-order valence-corrected chi connectivity index (χ3v) is 22.5. The number of aromatic nitrogens is 4. The number of pyridine rings is 4. The van der Waals surface area contributed by atoms with E-state index in [0.29, 0.717) is 129 Å². The summed E-state index contributed by atoms with van der Waals surface area (Å²) >= 11 is 0. The van der Waals surface area contributed by atoms with Crippen molar-refractivity contribution in [2.75, 3.05) is 0 Å². The van der Waals surface area contributed by atoms with E-state index < -0.39 is 88.7 Å². The van der Waals surface area contributed by atoms with Gasteiger partial charge in [0, 0.05) is 151 Å². The molecule has 12 heteroatoms. The molecule has 0 amide bonds. The van der Waals surface area contributed by atoms with Gasteiger partial charge in [-0.2, -0.15) is 18.3 Å². The second-order valence-corrected chi connectivity index (χ2v) is 30.1. The average molecular weight is 1560 g/mol. The highest BCUT2D eigenvalue weighted by atomic mass is 16.3. The molecule has 4 atom stereocenters. The first-order chi connectivity index (χ1) is 66.5. The number of aryl methyl sites for hydroxylation is 8. The Morgan fingerprint density at radius 2 is 0.750 bits per heavy atom. The predicted octanol–water partition coefficient (Wildman–Crippen LogP) is 27.9. The summed E-state index contributed by atoms with van der Waals surface area (Å²) < 4.78 is 271. The third-order valence-electron chi connectivity index (χ3n) is 22.5. The second kappa shape index (κ2) is 31.4. The molecule has 0 bridgehead atoms. The Labute approximate surface area is 724 Å². The highest BCUT2D eigenvalue weighted by Gasteiger charge is 2.32. The van der Waals surface area contributed by atoms with Gasteiger partial charge in [-0.25, -0.2) is 19.4 Å². The largest absolute Gasteiger partial charge is 0.456 e. The molecule has 0 saturated carbocycles. The zero-order valence-electron chi connectivity index (χ0n) is 97.9. The van der Waals surface area contributed by atoms with E-state index in [9.17, 15) is 1.37 Å². The monoisotopic (exact) mass is 1560 g/mol. The van der Waals surface area contributed by atoms with E-state index >= 15 is 0 Å². The molecule has 8 aromatic carbocycles. The summed E-state index contributed by atoms with van der Waals surface area (Å²) in [5.74, 6) is -8.12. The van der Waals surface area contributed by atoms with Gasteiger partial charge in [0.1, 0.15) is 72.9 Å². The van der Waals surface area contributed by atoms with Crippen LogP contribution in [0.5, 0.6) is 0 Å². The van der Waals surface area contributed by atoms with Gasteiger partial charge in [-0.1, -0.05) is 134 Å². The van der Waals surface area contributed by atoms with Crippen LogP contribution in [0.4, 0.5) is 22.7 Å². The molecule has 4 unspecified atom stereocenters. The molecule has 0 radical (unpaired) electrons. The Morgan fingerprint density at radius 1 is 0.328 bits per heavy atom. The van der Waals surface area contributed by atoms with Crippen molar-refractivity contribution in [1.29, 1.82) is 0 Å². The summed E-state index contributed by atoms with van der Waals surface area (Å²) in [4.78, 5) is 14.0. The van der Waals surface area contributed by atoms with Crippen molar-refractivity contribution in [2.24, 2.45) is 28.2 Å². The maximum absolute atomic E-state index is 9.19. The lowest BCUT2D eigenvalue weighted by Crippen LogP contribution is -2.37. The first kappa shape index (κ1) is 52.1. The summed E-state index contributed by atoms with van der Waals surface area (Å²) in [6, 6.07) is 27.8. The minimum Gasteiger partial charge on any atom is -0.456 e. The first-order valence-electron chi connectivity index (χ1n) is 52.0. The van der Waals surface area contributed by atoms with Gasteiger partial charge in [-0.05, 0) is 191 Å². The maximum atomic E-state index is 9.19. The summed E-state index contributed by atoms with van der Waals surface area (Å²) in [6.45, 7) is 39.3. The normalized spacial score (nSPS) is 18.0. The van der Waals surface area contributed by atoms with E-state index in [1.807, 2.05) is 77.1 Å². The molecule has 0 aliphatic rings. The van der Waals surface area contributed by atoms with Crippen LogP contribution in [-0.2, 0) is 28.2 Å². The van der Waals surface area contributed by atoms with E-state index in [4.69, 9.17) is 82.3 Å². The van der Waals surface area contributed by atoms with Crippen molar-refractivity contribution in [3.8, 4) is 45.0 Å². The molecule has 0 aliphatic heterocycles. The molecular formula is C104H108N8O4+4. The van der Waals surface area contributed by atoms with Gasteiger partial charge in [0.05, 0.1) is 54.0 Å². The van der Waals surface area contributed by atoms with E-state index in [2.05, 4.69) is 19.4 Å². The van der Waals surface area contributed by atoms with Gasteiger partial charge in [-0.15, -0.1) is 0 Å². The molecule has 584 valence electrons.